The Balaban J connectivity index is 1.70. The number of ketones is 1. The average Bonchev–Trinajstić information content (AvgIpc) is 2.79. The second-order valence-corrected chi connectivity index (χ2v) is 9.45. The quantitative estimate of drug-likeness (QED) is 0.452. The van der Waals surface area contributed by atoms with Gasteiger partial charge in [0.2, 0.25) is 0 Å². The van der Waals surface area contributed by atoms with E-state index in [2.05, 4.69) is 19.8 Å². The summed E-state index contributed by atoms with van der Waals surface area (Å²) in [5.74, 6) is 6.73. The van der Waals surface area contributed by atoms with Crippen molar-refractivity contribution in [3.63, 3.8) is 0 Å². The predicted molar refractivity (Wildman–Crippen MR) is 94.1 cm³/mol. The average molecular weight is 331 g/mol. The lowest BCUT2D eigenvalue weighted by Gasteiger charge is -2.56. The third-order valence-corrected chi connectivity index (χ3v) is 8.69. The van der Waals surface area contributed by atoms with Gasteiger partial charge in [0.1, 0.15) is 4.87 Å². The Morgan fingerprint density at radius 2 is 2.09 bits per heavy atom. The zero-order valence-corrected chi connectivity index (χ0v) is 15.0. The van der Waals surface area contributed by atoms with E-state index in [0.29, 0.717) is 23.5 Å². The summed E-state index contributed by atoms with van der Waals surface area (Å²) in [7, 11) is 0. The number of fused-ring (bicyclic) bond motifs is 5. The number of carbonyl (C=O) groups is 1. The summed E-state index contributed by atoms with van der Waals surface area (Å²) in [6, 6.07) is 0. The first-order chi connectivity index (χ1) is 10.9. The molecule has 0 saturated heterocycles. The van der Waals surface area contributed by atoms with Crippen LogP contribution in [0.1, 0.15) is 58.8 Å². The molecule has 0 aromatic heterocycles. The molecule has 1 nitrogen and oxygen atoms in total. The molecule has 0 spiro atoms. The van der Waals surface area contributed by atoms with E-state index in [9.17, 15) is 4.79 Å². The van der Waals surface area contributed by atoms with Crippen molar-refractivity contribution in [2.45, 2.75) is 63.7 Å². The van der Waals surface area contributed by atoms with Gasteiger partial charge in [0.25, 0.3) is 0 Å². The third-order valence-electron chi connectivity index (χ3n) is 7.96. The Hall–Kier alpha value is -0.740. The molecule has 2 heteroatoms. The molecule has 3 fully saturated rings. The number of alkyl halides is 1. The maximum Gasteiger partial charge on any atom is 0.155 e. The fraction of sp³-hybridized carbons (Fsp3) is 0.762. The second-order valence-electron chi connectivity index (χ2n) is 8.80. The van der Waals surface area contributed by atoms with E-state index in [-0.39, 0.29) is 5.41 Å². The van der Waals surface area contributed by atoms with Gasteiger partial charge < -0.3 is 0 Å². The molecule has 4 aliphatic carbocycles. The molecule has 0 heterocycles. The molecule has 0 aromatic carbocycles. The van der Waals surface area contributed by atoms with E-state index >= 15 is 0 Å². The van der Waals surface area contributed by atoms with Gasteiger partial charge in [0, 0.05) is 11.8 Å². The standard InChI is InChI=1S/C21H27ClO/c1-4-21(22)10-8-18-19-13(2)11-14-12-15(23)5-6-16(14)17(19)7-9-20(18,21)3/h1,12-13,16-19H,5-11H2,2-3H3/t13-,16?,17?,18?,19?,20+,21-/m1/s1. The van der Waals surface area contributed by atoms with Gasteiger partial charge >= 0.3 is 0 Å². The summed E-state index contributed by atoms with van der Waals surface area (Å²) in [5.41, 5.74) is 1.54. The molecule has 7 atom stereocenters. The number of allylic oxidation sites excluding steroid dienone is 1. The van der Waals surface area contributed by atoms with Crippen molar-refractivity contribution >= 4 is 17.4 Å². The monoisotopic (exact) mass is 330 g/mol. The molecule has 124 valence electrons. The van der Waals surface area contributed by atoms with E-state index in [1.165, 1.54) is 18.4 Å². The Kier molecular flexibility index (Phi) is 3.51. The van der Waals surface area contributed by atoms with Crippen LogP contribution in [0.3, 0.4) is 0 Å². The molecule has 0 aromatic rings. The molecule has 4 unspecified atom stereocenters. The van der Waals surface area contributed by atoms with Crippen LogP contribution in [0.25, 0.3) is 0 Å². The van der Waals surface area contributed by atoms with Gasteiger partial charge in [-0.05, 0) is 74.2 Å². The van der Waals surface area contributed by atoms with E-state index in [1.807, 2.05) is 6.08 Å². The maximum absolute atomic E-state index is 11.8. The number of rotatable bonds is 0. The highest BCUT2D eigenvalue weighted by atomic mass is 35.5. The Morgan fingerprint density at radius 1 is 1.30 bits per heavy atom. The molecule has 0 aliphatic heterocycles. The van der Waals surface area contributed by atoms with Gasteiger partial charge in [-0.2, -0.15) is 0 Å². The molecule has 0 amide bonds. The predicted octanol–water partition coefficient (Wildman–Crippen LogP) is 4.99. The van der Waals surface area contributed by atoms with Crippen LogP contribution < -0.4 is 0 Å². The second kappa shape index (κ2) is 5.13. The van der Waals surface area contributed by atoms with Crippen molar-refractivity contribution in [3.05, 3.63) is 11.6 Å². The van der Waals surface area contributed by atoms with E-state index < -0.39 is 4.87 Å². The topological polar surface area (TPSA) is 17.1 Å². The van der Waals surface area contributed by atoms with Crippen LogP contribution in [0, 0.1) is 47.3 Å². The third kappa shape index (κ3) is 2.03. The highest BCUT2D eigenvalue weighted by molar-refractivity contribution is 6.26. The van der Waals surface area contributed by atoms with E-state index in [4.69, 9.17) is 18.0 Å². The van der Waals surface area contributed by atoms with Crippen LogP contribution in [0.2, 0.25) is 0 Å². The van der Waals surface area contributed by atoms with Gasteiger partial charge in [-0.3, -0.25) is 4.79 Å². The molecular weight excluding hydrogens is 304 g/mol. The first-order valence-corrected chi connectivity index (χ1v) is 9.67. The molecule has 4 aliphatic rings. The molecule has 0 N–H and O–H groups in total. The fourth-order valence-electron chi connectivity index (χ4n) is 6.81. The zero-order chi connectivity index (χ0) is 16.4. The van der Waals surface area contributed by atoms with Gasteiger partial charge in [0.05, 0.1) is 0 Å². The molecule has 3 saturated carbocycles. The van der Waals surface area contributed by atoms with Gasteiger partial charge in [-0.1, -0.05) is 25.3 Å². The largest absolute Gasteiger partial charge is 0.295 e. The minimum Gasteiger partial charge on any atom is -0.295 e. The molecule has 0 radical (unpaired) electrons. The summed E-state index contributed by atoms with van der Waals surface area (Å²) in [6.07, 6.45) is 15.3. The molecule has 0 bridgehead atoms. The van der Waals surface area contributed by atoms with Crippen LogP contribution in [-0.4, -0.2) is 10.7 Å². The normalized spacial score (nSPS) is 52.0. The number of halogens is 1. The number of carbonyl (C=O) groups excluding carboxylic acids is 1. The molecular formula is C21H27ClO. The van der Waals surface area contributed by atoms with Crippen molar-refractivity contribution in [2.75, 3.05) is 0 Å². The van der Waals surface area contributed by atoms with Crippen molar-refractivity contribution in [1.29, 1.82) is 0 Å². The summed E-state index contributed by atoms with van der Waals surface area (Å²) in [4.78, 5) is 11.4. The number of terminal acetylenes is 1. The van der Waals surface area contributed by atoms with Crippen molar-refractivity contribution in [3.8, 4) is 12.3 Å². The maximum atomic E-state index is 11.8. The minimum atomic E-state index is -0.443. The van der Waals surface area contributed by atoms with E-state index in [0.717, 1.165) is 43.9 Å². The van der Waals surface area contributed by atoms with Gasteiger partial charge in [-0.25, -0.2) is 0 Å². The lowest BCUT2D eigenvalue weighted by molar-refractivity contribution is -0.116. The Labute approximate surface area is 145 Å². The van der Waals surface area contributed by atoms with Crippen molar-refractivity contribution in [1.82, 2.24) is 0 Å². The Morgan fingerprint density at radius 3 is 2.83 bits per heavy atom. The lowest BCUT2D eigenvalue weighted by atomic mass is 9.49. The SMILES string of the molecule is C#C[C@@]1(Cl)CCC2C3C(CC[C@@]21C)C1CCC(=O)C=C1C[C@H]3C. The Bertz CT molecular complexity index is 614. The number of hydrogen-bond acceptors (Lipinski definition) is 1. The minimum absolute atomic E-state index is 0.0877. The van der Waals surface area contributed by atoms with Crippen LogP contribution in [0.15, 0.2) is 11.6 Å². The highest BCUT2D eigenvalue weighted by Crippen LogP contribution is 2.67. The van der Waals surface area contributed by atoms with E-state index in [1.54, 1.807) is 0 Å². The van der Waals surface area contributed by atoms with Crippen molar-refractivity contribution < 1.29 is 4.79 Å². The summed E-state index contributed by atoms with van der Waals surface area (Å²) in [5, 5.41) is 0. The van der Waals surface area contributed by atoms with Crippen LogP contribution in [-0.2, 0) is 4.79 Å². The summed E-state index contributed by atoms with van der Waals surface area (Å²) in [6.45, 7) is 4.75. The lowest BCUT2D eigenvalue weighted by Crippen LogP contribution is -2.52. The highest BCUT2D eigenvalue weighted by Gasteiger charge is 2.62. The number of hydrogen-bond donors (Lipinski definition) is 0. The zero-order valence-electron chi connectivity index (χ0n) is 14.3. The smallest absolute Gasteiger partial charge is 0.155 e. The molecule has 23 heavy (non-hydrogen) atoms. The van der Waals surface area contributed by atoms with Gasteiger partial charge in [-0.15, -0.1) is 18.0 Å². The van der Waals surface area contributed by atoms with Crippen LogP contribution in [0.4, 0.5) is 0 Å². The first-order valence-electron chi connectivity index (χ1n) is 9.29. The van der Waals surface area contributed by atoms with Crippen LogP contribution in [0.5, 0.6) is 0 Å². The first kappa shape index (κ1) is 15.8. The molecule has 4 rings (SSSR count). The van der Waals surface area contributed by atoms with Crippen LogP contribution >= 0.6 is 11.6 Å². The van der Waals surface area contributed by atoms with Gasteiger partial charge in [0.15, 0.2) is 5.78 Å². The summed E-state index contributed by atoms with van der Waals surface area (Å²) >= 11 is 6.91. The fourth-order valence-corrected chi connectivity index (χ4v) is 7.16. The van der Waals surface area contributed by atoms with Crippen molar-refractivity contribution in [2.24, 2.45) is 35.0 Å². The summed E-state index contributed by atoms with van der Waals surface area (Å²) < 4.78 is 0.